The Kier molecular flexibility index (Phi) is 7.66. The van der Waals surface area contributed by atoms with Crippen LogP contribution >= 0.6 is 0 Å². The summed E-state index contributed by atoms with van der Waals surface area (Å²) in [5.74, 6) is -1.57. The molecule has 0 bridgehead atoms. The van der Waals surface area contributed by atoms with Crippen LogP contribution in [0.25, 0.3) is 0 Å². The van der Waals surface area contributed by atoms with Crippen molar-refractivity contribution in [2.75, 3.05) is 26.8 Å². The van der Waals surface area contributed by atoms with E-state index in [4.69, 9.17) is 4.74 Å². The third-order valence-electron chi connectivity index (χ3n) is 5.30. The SMILES string of the molecule is COCCC(=O)N[C@H](c1ccccn1)[C@H]1CCCN(Cc2cccc(F)c2F)C1. The van der Waals surface area contributed by atoms with Gasteiger partial charge in [0.1, 0.15) is 0 Å². The van der Waals surface area contributed by atoms with Gasteiger partial charge in [-0.2, -0.15) is 0 Å². The molecule has 3 rings (SSSR count). The first-order chi connectivity index (χ1) is 14.1. The number of amides is 1. The summed E-state index contributed by atoms with van der Waals surface area (Å²) < 4.78 is 32.6. The molecule has 0 spiro atoms. The molecule has 1 aliphatic rings. The van der Waals surface area contributed by atoms with E-state index in [9.17, 15) is 13.6 Å². The number of rotatable bonds is 8. The van der Waals surface area contributed by atoms with Crippen molar-refractivity contribution >= 4 is 5.91 Å². The first-order valence-electron chi connectivity index (χ1n) is 9.93. The number of nitrogens with zero attached hydrogens (tertiary/aromatic N) is 2. The van der Waals surface area contributed by atoms with Gasteiger partial charge in [0.25, 0.3) is 0 Å². The Balaban J connectivity index is 1.73. The number of likely N-dealkylation sites (tertiary alicyclic amines) is 1. The number of piperidine rings is 1. The van der Waals surface area contributed by atoms with Gasteiger partial charge < -0.3 is 10.1 Å². The molecule has 0 radical (unpaired) electrons. The summed E-state index contributed by atoms with van der Waals surface area (Å²) in [4.78, 5) is 18.9. The molecule has 5 nitrogen and oxygen atoms in total. The van der Waals surface area contributed by atoms with Gasteiger partial charge in [0.15, 0.2) is 11.6 Å². The van der Waals surface area contributed by atoms with E-state index >= 15 is 0 Å². The van der Waals surface area contributed by atoms with E-state index in [1.807, 2.05) is 18.2 Å². The second-order valence-electron chi connectivity index (χ2n) is 7.39. The van der Waals surface area contributed by atoms with E-state index < -0.39 is 11.6 Å². The predicted octanol–water partition coefficient (Wildman–Crippen LogP) is 3.47. The molecule has 0 unspecified atom stereocenters. The molecule has 0 aliphatic carbocycles. The normalized spacial score (nSPS) is 18.4. The van der Waals surface area contributed by atoms with Gasteiger partial charge in [-0.25, -0.2) is 8.78 Å². The number of methoxy groups -OCH3 is 1. The van der Waals surface area contributed by atoms with Crippen molar-refractivity contribution in [3.63, 3.8) is 0 Å². The van der Waals surface area contributed by atoms with E-state index in [0.29, 0.717) is 25.3 Å². The van der Waals surface area contributed by atoms with Crippen molar-refractivity contribution in [3.8, 4) is 0 Å². The topological polar surface area (TPSA) is 54.5 Å². The van der Waals surface area contributed by atoms with Gasteiger partial charge in [0, 0.05) is 38.4 Å². The minimum Gasteiger partial charge on any atom is -0.384 e. The highest BCUT2D eigenvalue weighted by Gasteiger charge is 2.30. The minimum atomic E-state index is -0.826. The summed E-state index contributed by atoms with van der Waals surface area (Å²) in [5.41, 5.74) is 1.16. The van der Waals surface area contributed by atoms with Crippen LogP contribution in [0, 0.1) is 17.6 Å². The van der Waals surface area contributed by atoms with Crippen LogP contribution < -0.4 is 5.32 Å². The molecule has 2 atom stereocenters. The van der Waals surface area contributed by atoms with Gasteiger partial charge in [-0.05, 0) is 43.5 Å². The van der Waals surface area contributed by atoms with E-state index in [-0.39, 0.29) is 24.3 Å². The fraction of sp³-hybridized carbons (Fsp3) is 0.455. The average Bonchev–Trinajstić information content (AvgIpc) is 2.74. The molecule has 1 aromatic carbocycles. The molecule has 0 saturated carbocycles. The quantitative estimate of drug-likeness (QED) is 0.733. The molecule has 2 aromatic rings. The molecule has 1 aromatic heterocycles. The third kappa shape index (κ3) is 5.81. The van der Waals surface area contributed by atoms with Gasteiger partial charge in [-0.1, -0.05) is 18.2 Å². The highest BCUT2D eigenvalue weighted by molar-refractivity contribution is 5.76. The maximum atomic E-state index is 14.1. The van der Waals surface area contributed by atoms with Gasteiger partial charge in [-0.15, -0.1) is 0 Å². The van der Waals surface area contributed by atoms with Gasteiger partial charge in [0.2, 0.25) is 5.91 Å². The van der Waals surface area contributed by atoms with Crippen LogP contribution in [0.3, 0.4) is 0 Å². The number of nitrogens with one attached hydrogen (secondary N) is 1. The lowest BCUT2D eigenvalue weighted by atomic mass is 9.88. The number of carbonyl (C=O) groups is 1. The average molecular weight is 403 g/mol. The first kappa shape index (κ1) is 21.3. The van der Waals surface area contributed by atoms with Crippen LogP contribution in [0.1, 0.15) is 36.6 Å². The standard InChI is InChI=1S/C22H27F2N3O2/c1-29-13-10-20(28)26-22(19-9-2-3-11-25-19)17-7-5-12-27(15-17)14-16-6-4-8-18(23)21(16)24/h2-4,6,8-9,11,17,22H,5,7,10,12-15H2,1H3,(H,26,28)/t17-,22-/m0/s1. The summed E-state index contributed by atoms with van der Waals surface area (Å²) in [6, 6.07) is 9.69. The van der Waals surface area contributed by atoms with Crippen LogP contribution in [-0.2, 0) is 16.1 Å². The molecule has 156 valence electrons. The molecular weight excluding hydrogens is 376 g/mol. The zero-order valence-electron chi connectivity index (χ0n) is 16.6. The van der Waals surface area contributed by atoms with E-state index in [2.05, 4.69) is 15.2 Å². The van der Waals surface area contributed by atoms with Crippen molar-refractivity contribution in [1.82, 2.24) is 15.2 Å². The summed E-state index contributed by atoms with van der Waals surface area (Å²) in [7, 11) is 1.56. The Morgan fingerprint density at radius 1 is 1.31 bits per heavy atom. The van der Waals surface area contributed by atoms with Crippen molar-refractivity contribution in [2.45, 2.75) is 31.8 Å². The number of halogens is 2. The number of pyridine rings is 1. The maximum absolute atomic E-state index is 14.1. The molecule has 1 N–H and O–H groups in total. The smallest absolute Gasteiger partial charge is 0.222 e. The van der Waals surface area contributed by atoms with E-state index in [1.54, 1.807) is 19.4 Å². The fourth-order valence-electron chi connectivity index (χ4n) is 3.85. The molecule has 1 aliphatic heterocycles. The Hall–Kier alpha value is -2.38. The fourth-order valence-corrected chi connectivity index (χ4v) is 3.85. The maximum Gasteiger partial charge on any atom is 0.222 e. The Morgan fingerprint density at radius 3 is 2.93 bits per heavy atom. The van der Waals surface area contributed by atoms with Crippen LogP contribution in [0.5, 0.6) is 0 Å². The number of ether oxygens (including phenoxy) is 1. The number of aromatic nitrogens is 1. The summed E-state index contributed by atoms with van der Waals surface area (Å²) in [6.45, 7) is 2.17. The van der Waals surface area contributed by atoms with E-state index in [0.717, 1.165) is 31.1 Å². The monoisotopic (exact) mass is 403 g/mol. The highest BCUT2D eigenvalue weighted by atomic mass is 19.2. The third-order valence-corrected chi connectivity index (χ3v) is 5.30. The molecule has 2 heterocycles. The number of benzene rings is 1. The molecule has 1 fully saturated rings. The lowest BCUT2D eigenvalue weighted by Crippen LogP contribution is -2.43. The Bertz CT molecular complexity index is 804. The van der Waals surface area contributed by atoms with Crippen molar-refractivity contribution < 1.29 is 18.3 Å². The molecule has 1 amide bonds. The predicted molar refractivity (Wildman–Crippen MR) is 106 cm³/mol. The second kappa shape index (κ2) is 10.4. The Labute approximate surface area is 170 Å². The van der Waals surface area contributed by atoms with Crippen LogP contribution in [0.2, 0.25) is 0 Å². The Morgan fingerprint density at radius 2 is 2.17 bits per heavy atom. The molecule has 7 heteroatoms. The van der Waals surface area contributed by atoms with Gasteiger partial charge in [-0.3, -0.25) is 14.7 Å². The van der Waals surface area contributed by atoms with Gasteiger partial charge >= 0.3 is 0 Å². The van der Waals surface area contributed by atoms with Crippen molar-refractivity contribution in [3.05, 3.63) is 65.5 Å². The summed E-state index contributed by atoms with van der Waals surface area (Å²) in [5, 5.41) is 3.10. The number of hydrogen-bond acceptors (Lipinski definition) is 4. The zero-order chi connectivity index (χ0) is 20.6. The van der Waals surface area contributed by atoms with Crippen LogP contribution in [0.4, 0.5) is 8.78 Å². The highest BCUT2D eigenvalue weighted by Crippen LogP contribution is 2.30. The molecule has 1 saturated heterocycles. The number of hydrogen-bond donors (Lipinski definition) is 1. The largest absolute Gasteiger partial charge is 0.384 e. The number of carbonyl (C=O) groups excluding carboxylic acids is 1. The first-order valence-corrected chi connectivity index (χ1v) is 9.93. The summed E-state index contributed by atoms with van der Waals surface area (Å²) in [6.07, 6.45) is 3.84. The molecule has 29 heavy (non-hydrogen) atoms. The minimum absolute atomic E-state index is 0.0872. The van der Waals surface area contributed by atoms with E-state index in [1.165, 1.54) is 6.07 Å². The van der Waals surface area contributed by atoms with Gasteiger partial charge in [0.05, 0.1) is 18.3 Å². The lowest BCUT2D eigenvalue weighted by molar-refractivity contribution is -0.123. The summed E-state index contributed by atoms with van der Waals surface area (Å²) >= 11 is 0. The second-order valence-corrected chi connectivity index (χ2v) is 7.39. The van der Waals surface area contributed by atoms with Crippen LogP contribution in [0.15, 0.2) is 42.6 Å². The lowest BCUT2D eigenvalue weighted by Gasteiger charge is -2.37. The van der Waals surface area contributed by atoms with Crippen molar-refractivity contribution in [1.29, 1.82) is 0 Å². The zero-order valence-corrected chi connectivity index (χ0v) is 16.6. The molecular formula is C22H27F2N3O2. The van der Waals surface area contributed by atoms with Crippen LogP contribution in [-0.4, -0.2) is 42.6 Å². The van der Waals surface area contributed by atoms with Crippen molar-refractivity contribution in [2.24, 2.45) is 5.92 Å².